The van der Waals surface area contributed by atoms with Crippen LogP contribution in [0.15, 0.2) is 12.2 Å². The van der Waals surface area contributed by atoms with Gasteiger partial charge in [-0.1, -0.05) is 39.8 Å². The molecule has 3 rings (SSSR count). The Morgan fingerprint density at radius 3 is 2.36 bits per heavy atom. The molecule has 4 heteroatoms. The lowest BCUT2D eigenvalue weighted by Crippen LogP contribution is -2.52. The number of nitrogens with zero attached hydrogens (tertiary/aromatic N) is 1. The number of likely N-dealkylation sites (tertiary alicyclic amines) is 1. The molecule has 0 unspecified atom stereocenters. The Bertz CT molecular complexity index is 605. The molecule has 0 N–H and O–H groups in total. The number of Topliss-reactive ketones (excluding diaryl/α,β-unsaturated/α-hetero) is 1. The summed E-state index contributed by atoms with van der Waals surface area (Å²) in [5.74, 6) is 0.0243. The summed E-state index contributed by atoms with van der Waals surface area (Å²) < 4.78 is 0. The number of amides is 2. The maximum atomic E-state index is 13.2. The van der Waals surface area contributed by atoms with E-state index < -0.39 is 10.8 Å². The van der Waals surface area contributed by atoms with Crippen LogP contribution >= 0.6 is 0 Å². The molecule has 120 valence electrons. The lowest BCUT2D eigenvalue weighted by molar-refractivity contribution is -0.156. The average molecular weight is 303 g/mol. The van der Waals surface area contributed by atoms with Crippen molar-refractivity contribution in [3.05, 3.63) is 12.2 Å². The van der Waals surface area contributed by atoms with Gasteiger partial charge >= 0.3 is 0 Å². The Morgan fingerprint density at radius 1 is 1.23 bits per heavy atom. The molecule has 3 aliphatic rings. The van der Waals surface area contributed by atoms with Crippen LogP contribution in [0.3, 0.4) is 0 Å². The van der Waals surface area contributed by atoms with Crippen molar-refractivity contribution >= 4 is 17.6 Å². The van der Waals surface area contributed by atoms with Gasteiger partial charge in [-0.25, -0.2) is 0 Å². The van der Waals surface area contributed by atoms with Crippen LogP contribution in [0, 0.1) is 22.2 Å². The minimum atomic E-state index is -0.617. The normalized spacial score (nSPS) is 43.0. The second-order valence-electron chi connectivity index (χ2n) is 8.27. The molecule has 0 aromatic rings. The van der Waals surface area contributed by atoms with Crippen molar-refractivity contribution in [3.63, 3.8) is 0 Å². The first-order valence-electron chi connectivity index (χ1n) is 8.15. The summed E-state index contributed by atoms with van der Waals surface area (Å²) in [5.41, 5.74) is -1.49. The third-order valence-corrected chi connectivity index (χ3v) is 6.88. The Balaban J connectivity index is 1.96. The molecule has 0 aromatic heterocycles. The fraction of sp³-hybridized carbons (Fsp3) is 0.722. The molecule has 0 radical (unpaired) electrons. The van der Waals surface area contributed by atoms with E-state index in [0.717, 1.165) is 0 Å². The number of hydrogen-bond acceptors (Lipinski definition) is 3. The summed E-state index contributed by atoms with van der Waals surface area (Å²) in [6.45, 7) is 9.91. The van der Waals surface area contributed by atoms with Gasteiger partial charge in [0, 0.05) is 18.3 Å². The lowest BCUT2D eigenvalue weighted by atomic mass is 9.67. The van der Waals surface area contributed by atoms with Crippen molar-refractivity contribution in [1.82, 2.24) is 4.90 Å². The van der Waals surface area contributed by atoms with Crippen molar-refractivity contribution in [2.24, 2.45) is 22.2 Å². The van der Waals surface area contributed by atoms with Crippen LogP contribution < -0.4 is 0 Å². The highest BCUT2D eigenvalue weighted by Gasteiger charge is 2.66. The smallest absolute Gasteiger partial charge is 0.240 e. The first kappa shape index (κ1) is 15.4. The molecule has 0 aromatic carbocycles. The van der Waals surface area contributed by atoms with Gasteiger partial charge in [0.2, 0.25) is 11.8 Å². The molecule has 1 saturated heterocycles. The molecule has 4 atom stereocenters. The second kappa shape index (κ2) is 4.30. The molecule has 22 heavy (non-hydrogen) atoms. The highest BCUT2D eigenvalue weighted by molar-refractivity contribution is 6.05. The van der Waals surface area contributed by atoms with E-state index in [2.05, 4.69) is 13.8 Å². The topological polar surface area (TPSA) is 54.5 Å². The summed E-state index contributed by atoms with van der Waals surface area (Å²) in [4.78, 5) is 39.3. The van der Waals surface area contributed by atoms with Crippen LogP contribution in [-0.2, 0) is 14.4 Å². The SMILES string of the molecule is C[C@H]1CC(=O)CC[C@]1(C)C(=O)N1C(=O)[C@]2(C)C=C[C@H]1C2(C)C. The van der Waals surface area contributed by atoms with Crippen LogP contribution in [0.2, 0.25) is 0 Å². The van der Waals surface area contributed by atoms with E-state index >= 15 is 0 Å². The summed E-state index contributed by atoms with van der Waals surface area (Å²) >= 11 is 0. The van der Waals surface area contributed by atoms with E-state index in [0.29, 0.717) is 19.3 Å². The maximum Gasteiger partial charge on any atom is 0.240 e. The van der Waals surface area contributed by atoms with Crippen LogP contribution in [0.4, 0.5) is 0 Å². The Kier molecular flexibility index (Phi) is 3.02. The van der Waals surface area contributed by atoms with E-state index in [1.807, 2.05) is 32.9 Å². The standard InChI is InChI=1S/C18H25NO3/c1-11-10-12(20)6-8-17(11,4)14(21)19-13-7-9-18(5,15(19)22)16(13,2)3/h7,9,11,13H,6,8,10H2,1-5H3/t11-,13-,17-,18-/m0/s1. The fourth-order valence-electron chi connectivity index (χ4n) is 4.30. The van der Waals surface area contributed by atoms with E-state index in [-0.39, 0.29) is 35.0 Å². The summed E-state index contributed by atoms with van der Waals surface area (Å²) in [6.07, 6.45) is 5.38. The van der Waals surface area contributed by atoms with Crippen molar-refractivity contribution in [2.75, 3.05) is 0 Å². The summed E-state index contributed by atoms with van der Waals surface area (Å²) in [6, 6.07) is -0.167. The molecule has 1 saturated carbocycles. The summed E-state index contributed by atoms with van der Waals surface area (Å²) in [5, 5.41) is 0. The molecule has 2 aliphatic carbocycles. The van der Waals surface area contributed by atoms with Gasteiger partial charge in [-0.2, -0.15) is 0 Å². The molecule has 1 aliphatic heterocycles. The van der Waals surface area contributed by atoms with Gasteiger partial charge in [-0.05, 0) is 19.3 Å². The minimum absolute atomic E-state index is 0.0203. The Morgan fingerprint density at radius 2 is 1.86 bits per heavy atom. The zero-order chi connectivity index (χ0) is 16.5. The van der Waals surface area contributed by atoms with Crippen LogP contribution in [0.25, 0.3) is 0 Å². The number of hydrogen-bond donors (Lipinski definition) is 0. The van der Waals surface area contributed by atoms with E-state index in [1.54, 1.807) is 0 Å². The maximum absolute atomic E-state index is 13.2. The number of imide groups is 1. The fourth-order valence-corrected chi connectivity index (χ4v) is 4.30. The first-order chi connectivity index (χ1) is 10.1. The highest BCUT2D eigenvalue weighted by Crippen LogP contribution is 2.58. The van der Waals surface area contributed by atoms with Gasteiger partial charge in [0.05, 0.1) is 16.9 Å². The second-order valence-corrected chi connectivity index (χ2v) is 8.27. The Labute approximate surface area is 131 Å². The molecule has 2 amide bonds. The molecule has 4 nitrogen and oxygen atoms in total. The molecular formula is C18H25NO3. The molecule has 2 bridgehead atoms. The van der Waals surface area contributed by atoms with E-state index in [9.17, 15) is 14.4 Å². The third kappa shape index (κ3) is 1.61. The zero-order valence-electron chi connectivity index (χ0n) is 14.1. The van der Waals surface area contributed by atoms with Gasteiger partial charge < -0.3 is 0 Å². The molecule has 1 heterocycles. The van der Waals surface area contributed by atoms with Gasteiger partial charge in [-0.15, -0.1) is 0 Å². The predicted octanol–water partition coefficient (Wildman–Crippen LogP) is 2.72. The third-order valence-electron chi connectivity index (χ3n) is 6.88. The molecule has 0 spiro atoms. The van der Waals surface area contributed by atoms with Gasteiger partial charge in [0.1, 0.15) is 5.78 Å². The molecular weight excluding hydrogens is 278 g/mol. The van der Waals surface area contributed by atoms with Crippen LogP contribution in [0.5, 0.6) is 0 Å². The number of carbonyl (C=O) groups is 3. The van der Waals surface area contributed by atoms with Gasteiger partial charge in [0.15, 0.2) is 0 Å². The average Bonchev–Trinajstić information content (AvgIpc) is 2.75. The van der Waals surface area contributed by atoms with Crippen molar-refractivity contribution in [1.29, 1.82) is 0 Å². The molecule has 2 fully saturated rings. The number of ketones is 1. The van der Waals surface area contributed by atoms with E-state index in [4.69, 9.17) is 0 Å². The number of fused-ring (bicyclic) bond motifs is 2. The zero-order valence-corrected chi connectivity index (χ0v) is 14.1. The number of rotatable bonds is 1. The quantitative estimate of drug-likeness (QED) is 0.553. The highest BCUT2D eigenvalue weighted by atomic mass is 16.2. The monoisotopic (exact) mass is 303 g/mol. The largest absolute Gasteiger partial charge is 0.300 e. The first-order valence-corrected chi connectivity index (χ1v) is 8.15. The Hall–Kier alpha value is -1.45. The minimum Gasteiger partial charge on any atom is -0.300 e. The van der Waals surface area contributed by atoms with Crippen LogP contribution in [0.1, 0.15) is 53.9 Å². The lowest BCUT2D eigenvalue weighted by Gasteiger charge is -2.41. The van der Waals surface area contributed by atoms with Crippen molar-refractivity contribution < 1.29 is 14.4 Å². The van der Waals surface area contributed by atoms with Crippen LogP contribution in [-0.4, -0.2) is 28.5 Å². The van der Waals surface area contributed by atoms with Crippen molar-refractivity contribution in [2.45, 2.75) is 59.9 Å². The van der Waals surface area contributed by atoms with Gasteiger partial charge in [-0.3, -0.25) is 19.3 Å². The summed E-state index contributed by atoms with van der Waals surface area (Å²) in [7, 11) is 0. The van der Waals surface area contributed by atoms with Crippen molar-refractivity contribution in [3.8, 4) is 0 Å². The predicted molar refractivity (Wildman–Crippen MR) is 82.8 cm³/mol. The van der Waals surface area contributed by atoms with Gasteiger partial charge in [0.25, 0.3) is 0 Å². The van der Waals surface area contributed by atoms with E-state index in [1.165, 1.54) is 4.90 Å². The number of carbonyl (C=O) groups excluding carboxylic acids is 3.